The lowest BCUT2D eigenvalue weighted by Crippen LogP contribution is -2.46. The van der Waals surface area contributed by atoms with Crippen LogP contribution in [0.15, 0.2) is 65.7 Å². The number of anilines is 1. The molecule has 2 aromatic heterocycles. The number of hydrogen-bond donors (Lipinski definition) is 0. The molecule has 0 bridgehead atoms. The summed E-state index contributed by atoms with van der Waals surface area (Å²) in [4.78, 5) is 6.34. The first-order valence-corrected chi connectivity index (χ1v) is 11.2. The molecule has 1 fully saturated rings. The number of nitrogens with zero attached hydrogens (tertiary/aromatic N) is 5. The summed E-state index contributed by atoms with van der Waals surface area (Å²) in [5.74, 6) is 0.857. The van der Waals surface area contributed by atoms with Gasteiger partial charge in [-0.3, -0.25) is 0 Å². The zero-order chi connectivity index (χ0) is 20.7. The van der Waals surface area contributed by atoms with Crippen LogP contribution in [-0.4, -0.2) is 53.1 Å². The first-order chi connectivity index (χ1) is 14.5. The van der Waals surface area contributed by atoms with E-state index in [4.69, 9.17) is 4.74 Å². The van der Waals surface area contributed by atoms with Crippen LogP contribution >= 0.6 is 0 Å². The van der Waals surface area contributed by atoms with Gasteiger partial charge >= 0.3 is 0 Å². The molecule has 5 rings (SSSR count). The molecule has 1 aromatic carbocycles. The molecule has 0 aliphatic carbocycles. The monoisotopic (exact) mass is 423 g/mol. The highest BCUT2D eigenvalue weighted by molar-refractivity contribution is 7.89. The van der Waals surface area contributed by atoms with E-state index in [9.17, 15) is 8.42 Å². The van der Waals surface area contributed by atoms with Gasteiger partial charge in [-0.2, -0.15) is 9.40 Å². The van der Waals surface area contributed by atoms with Gasteiger partial charge in [-0.1, -0.05) is 30.3 Å². The molecule has 0 N–H and O–H groups in total. The molecular formula is C21H21N5O3S. The Morgan fingerprint density at radius 1 is 1.03 bits per heavy atom. The van der Waals surface area contributed by atoms with Crippen molar-refractivity contribution in [2.24, 2.45) is 0 Å². The van der Waals surface area contributed by atoms with Crippen LogP contribution < -0.4 is 9.64 Å². The minimum Gasteiger partial charge on any atom is -0.470 e. The van der Waals surface area contributed by atoms with E-state index < -0.39 is 10.0 Å². The van der Waals surface area contributed by atoms with Gasteiger partial charge in [0.25, 0.3) is 0 Å². The Kier molecular flexibility index (Phi) is 4.63. The minimum absolute atomic E-state index is 0.108. The van der Waals surface area contributed by atoms with Crippen molar-refractivity contribution < 1.29 is 13.2 Å². The smallest absolute Gasteiger partial charge is 0.249 e. The molecule has 2 aliphatic heterocycles. The number of fused-ring (bicyclic) bond motifs is 2. The molecule has 2 aliphatic rings. The minimum atomic E-state index is -3.80. The predicted molar refractivity (Wildman–Crippen MR) is 111 cm³/mol. The number of ether oxygens (including phenoxy) is 1. The topological polar surface area (TPSA) is 88.5 Å². The average Bonchev–Trinajstić information content (AvgIpc) is 3.13. The second kappa shape index (κ2) is 7.33. The normalized spacial score (nSPS) is 22.6. The van der Waals surface area contributed by atoms with Crippen LogP contribution in [0.25, 0.3) is 0 Å². The Morgan fingerprint density at radius 2 is 1.87 bits per heavy atom. The van der Waals surface area contributed by atoms with E-state index in [0.29, 0.717) is 18.9 Å². The summed E-state index contributed by atoms with van der Waals surface area (Å²) in [5, 5.41) is 8.40. The second-order valence-corrected chi connectivity index (χ2v) is 9.36. The Morgan fingerprint density at radius 3 is 2.63 bits per heavy atom. The van der Waals surface area contributed by atoms with E-state index in [-0.39, 0.29) is 29.5 Å². The fraction of sp³-hybridized carbons (Fsp3) is 0.286. The van der Waals surface area contributed by atoms with Crippen molar-refractivity contribution in [3.05, 3.63) is 72.1 Å². The molecule has 2 atom stereocenters. The summed E-state index contributed by atoms with van der Waals surface area (Å²) in [5.41, 5.74) is 1.75. The molecular weight excluding hydrogens is 402 g/mol. The maximum atomic E-state index is 13.6. The lowest BCUT2D eigenvalue weighted by molar-refractivity contribution is 0.147. The lowest BCUT2D eigenvalue weighted by atomic mass is 10.1. The first-order valence-electron chi connectivity index (χ1n) is 9.75. The van der Waals surface area contributed by atoms with Crippen molar-refractivity contribution in [3.63, 3.8) is 0 Å². The Balaban J connectivity index is 1.56. The maximum Gasteiger partial charge on any atom is 0.249 e. The quantitative estimate of drug-likeness (QED) is 0.637. The SMILES string of the molecule is Cc1ccc(N2C[C@@H]3Oc4ncccc4S(=O)(=O)N(Cc4ccccc4)[C@@H]3C2)nn1. The van der Waals surface area contributed by atoms with Crippen molar-refractivity contribution in [3.8, 4) is 5.88 Å². The number of aromatic nitrogens is 3. The largest absolute Gasteiger partial charge is 0.470 e. The molecule has 154 valence electrons. The van der Waals surface area contributed by atoms with Crippen molar-refractivity contribution in [1.82, 2.24) is 19.5 Å². The molecule has 4 heterocycles. The summed E-state index contributed by atoms with van der Waals surface area (Å²) >= 11 is 0. The molecule has 3 aromatic rings. The molecule has 30 heavy (non-hydrogen) atoms. The van der Waals surface area contributed by atoms with Crippen LogP contribution in [0.3, 0.4) is 0 Å². The average molecular weight is 423 g/mol. The van der Waals surface area contributed by atoms with E-state index in [1.807, 2.05) is 54.3 Å². The van der Waals surface area contributed by atoms with Crippen molar-refractivity contribution in [2.45, 2.75) is 30.5 Å². The van der Waals surface area contributed by atoms with Crippen molar-refractivity contribution in [2.75, 3.05) is 18.0 Å². The standard InChI is InChI=1S/C21H21N5O3S/c1-15-9-10-20(24-23-15)25-13-17-18(14-25)29-21-19(8-5-11-22-21)30(27,28)26(17)12-16-6-3-2-4-7-16/h2-11,17-18H,12-14H2,1H3/t17-,18+/m1/s1. The molecule has 0 spiro atoms. The van der Waals surface area contributed by atoms with E-state index in [1.165, 1.54) is 0 Å². The number of aryl methyl sites for hydroxylation is 1. The Bertz CT molecular complexity index is 1150. The zero-order valence-electron chi connectivity index (χ0n) is 16.4. The highest BCUT2D eigenvalue weighted by Crippen LogP contribution is 2.36. The van der Waals surface area contributed by atoms with Crippen molar-refractivity contribution >= 4 is 15.8 Å². The highest BCUT2D eigenvalue weighted by Gasteiger charge is 2.47. The fourth-order valence-electron chi connectivity index (χ4n) is 3.97. The van der Waals surface area contributed by atoms with Crippen LogP contribution in [0, 0.1) is 6.92 Å². The van der Waals surface area contributed by atoms with Crippen LogP contribution in [0.1, 0.15) is 11.3 Å². The van der Waals surface area contributed by atoms with Gasteiger partial charge in [0.05, 0.1) is 18.3 Å². The summed E-state index contributed by atoms with van der Waals surface area (Å²) in [6.07, 6.45) is 1.18. The van der Waals surface area contributed by atoms with Gasteiger partial charge in [0.15, 0.2) is 5.82 Å². The summed E-state index contributed by atoms with van der Waals surface area (Å²) in [7, 11) is -3.80. The first kappa shape index (κ1) is 19.0. The summed E-state index contributed by atoms with van der Waals surface area (Å²) in [6.45, 7) is 3.10. The Labute approximate surface area is 175 Å². The van der Waals surface area contributed by atoms with Gasteiger partial charge < -0.3 is 9.64 Å². The van der Waals surface area contributed by atoms with Crippen LogP contribution in [0.5, 0.6) is 5.88 Å². The summed E-state index contributed by atoms with van der Waals surface area (Å²) < 4.78 is 34.9. The van der Waals surface area contributed by atoms with E-state index in [1.54, 1.807) is 22.6 Å². The van der Waals surface area contributed by atoms with Gasteiger partial charge in [0, 0.05) is 19.3 Å². The number of benzene rings is 1. The zero-order valence-corrected chi connectivity index (χ0v) is 17.2. The number of pyridine rings is 1. The van der Waals surface area contributed by atoms with Gasteiger partial charge in [0.1, 0.15) is 11.0 Å². The number of hydrogen-bond acceptors (Lipinski definition) is 7. The van der Waals surface area contributed by atoms with E-state index >= 15 is 0 Å². The lowest BCUT2D eigenvalue weighted by Gasteiger charge is -2.28. The molecule has 0 saturated carbocycles. The van der Waals surface area contributed by atoms with Gasteiger partial charge in [0.2, 0.25) is 15.9 Å². The predicted octanol–water partition coefficient (Wildman–Crippen LogP) is 2.02. The number of rotatable bonds is 3. The third-order valence-electron chi connectivity index (χ3n) is 5.48. The highest BCUT2D eigenvalue weighted by atomic mass is 32.2. The van der Waals surface area contributed by atoms with E-state index in [2.05, 4.69) is 15.2 Å². The molecule has 0 radical (unpaired) electrons. The molecule has 9 heteroatoms. The third-order valence-corrected chi connectivity index (χ3v) is 7.37. The molecule has 0 amide bonds. The molecule has 0 unspecified atom stereocenters. The van der Waals surface area contributed by atoms with Crippen molar-refractivity contribution in [1.29, 1.82) is 0 Å². The number of sulfonamides is 1. The Hall–Kier alpha value is -3.04. The van der Waals surface area contributed by atoms with Crippen LogP contribution in [0.4, 0.5) is 5.82 Å². The third kappa shape index (κ3) is 3.29. The van der Waals surface area contributed by atoms with Crippen LogP contribution in [-0.2, 0) is 16.6 Å². The van der Waals surface area contributed by atoms with Gasteiger partial charge in [-0.25, -0.2) is 13.4 Å². The van der Waals surface area contributed by atoms with Gasteiger partial charge in [-0.05, 0) is 36.8 Å². The maximum absolute atomic E-state index is 13.6. The van der Waals surface area contributed by atoms with Gasteiger partial charge in [-0.15, -0.1) is 5.10 Å². The summed E-state index contributed by atoms with van der Waals surface area (Å²) in [6, 6.07) is 16.2. The fourth-order valence-corrected chi connectivity index (χ4v) is 5.67. The van der Waals surface area contributed by atoms with E-state index in [0.717, 1.165) is 11.3 Å². The second-order valence-electron chi connectivity index (χ2n) is 7.50. The van der Waals surface area contributed by atoms with Crippen LogP contribution in [0.2, 0.25) is 0 Å². The molecule has 8 nitrogen and oxygen atoms in total. The molecule has 1 saturated heterocycles.